The van der Waals surface area contributed by atoms with Gasteiger partial charge in [0.25, 0.3) is 0 Å². The molecule has 0 radical (unpaired) electrons. The maximum Gasteiger partial charge on any atom is 0.220 e. The number of carbonyl (C=O) groups excluding carboxylic acids is 1. The van der Waals surface area contributed by atoms with Crippen molar-refractivity contribution in [3.05, 3.63) is 40.7 Å². The second kappa shape index (κ2) is 7.86. The van der Waals surface area contributed by atoms with E-state index in [9.17, 15) is 4.79 Å². The minimum absolute atomic E-state index is 0.00974. The predicted octanol–water partition coefficient (Wildman–Crippen LogP) is 2.30. The molecule has 6 heteroatoms. The fourth-order valence-electron chi connectivity index (χ4n) is 2.70. The van der Waals surface area contributed by atoms with E-state index < -0.39 is 0 Å². The van der Waals surface area contributed by atoms with Crippen LogP contribution in [0.4, 0.5) is 0 Å². The van der Waals surface area contributed by atoms with Gasteiger partial charge in [-0.25, -0.2) is 0 Å². The van der Waals surface area contributed by atoms with Crippen molar-refractivity contribution in [1.29, 1.82) is 0 Å². The van der Waals surface area contributed by atoms with Crippen LogP contribution in [0.2, 0.25) is 0 Å². The molecule has 0 saturated heterocycles. The molecule has 1 aromatic carbocycles. The molecule has 0 aliphatic rings. The number of aromatic nitrogens is 2. The average Bonchev–Trinajstić information content (AvgIpc) is 2.83. The molecule has 0 aliphatic carbocycles. The van der Waals surface area contributed by atoms with Crippen molar-refractivity contribution in [2.24, 2.45) is 7.05 Å². The lowest BCUT2D eigenvalue weighted by Gasteiger charge is -2.11. The summed E-state index contributed by atoms with van der Waals surface area (Å²) in [7, 11) is 5.13. The molecule has 0 spiro atoms. The van der Waals surface area contributed by atoms with Gasteiger partial charge in [-0.1, -0.05) is 0 Å². The van der Waals surface area contributed by atoms with Gasteiger partial charge in [-0.15, -0.1) is 0 Å². The number of hydrogen-bond donors (Lipinski definition) is 1. The Labute approximate surface area is 142 Å². The first-order chi connectivity index (χ1) is 11.5. The number of amides is 1. The van der Waals surface area contributed by atoms with Crippen LogP contribution in [0.25, 0.3) is 0 Å². The van der Waals surface area contributed by atoms with Gasteiger partial charge in [-0.3, -0.25) is 9.48 Å². The smallest absolute Gasteiger partial charge is 0.220 e. The minimum Gasteiger partial charge on any atom is -0.497 e. The molecule has 0 aliphatic heterocycles. The number of nitrogens with one attached hydrogen (secondary N) is 1. The molecular weight excluding hydrogens is 306 g/mol. The van der Waals surface area contributed by atoms with Crippen LogP contribution in [0.15, 0.2) is 18.2 Å². The Hall–Kier alpha value is -2.50. The zero-order valence-corrected chi connectivity index (χ0v) is 15.0. The van der Waals surface area contributed by atoms with Crippen molar-refractivity contribution < 1.29 is 14.3 Å². The molecule has 1 amide bonds. The molecule has 6 nitrogen and oxygen atoms in total. The number of ether oxygens (including phenoxy) is 2. The first-order valence-electron chi connectivity index (χ1n) is 7.93. The Morgan fingerprint density at radius 1 is 1.25 bits per heavy atom. The van der Waals surface area contributed by atoms with Gasteiger partial charge in [0, 0.05) is 37.3 Å². The summed E-state index contributed by atoms with van der Waals surface area (Å²) < 4.78 is 12.4. The summed E-state index contributed by atoms with van der Waals surface area (Å²) in [6.07, 6.45) is 1.13. The minimum atomic E-state index is 0.00974. The number of aryl methyl sites for hydroxylation is 2. The summed E-state index contributed by atoms with van der Waals surface area (Å²) >= 11 is 0. The fraction of sp³-hybridized carbons (Fsp3) is 0.444. The zero-order chi connectivity index (χ0) is 17.7. The molecule has 130 valence electrons. The second-order valence-electron chi connectivity index (χ2n) is 5.73. The lowest BCUT2D eigenvalue weighted by atomic mass is 10.1. The summed E-state index contributed by atoms with van der Waals surface area (Å²) in [4.78, 5) is 12.1. The highest BCUT2D eigenvalue weighted by Gasteiger charge is 2.12. The molecule has 0 fully saturated rings. The van der Waals surface area contributed by atoms with E-state index in [1.54, 1.807) is 14.2 Å². The Balaban J connectivity index is 1.91. The van der Waals surface area contributed by atoms with Crippen LogP contribution in [0.5, 0.6) is 11.5 Å². The first-order valence-corrected chi connectivity index (χ1v) is 7.93. The van der Waals surface area contributed by atoms with Gasteiger partial charge in [-0.05, 0) is 38.0 Å². The topological polar surface area (TPSA) is 65.4 Å². The Morgan fingerprint density at radius 3 is 2.58 bits per heavy atom. The van der Waals surface area contributed by atoms with Crippen LogP contribution in [-0.2, 0) is 24.8 Å². The molecule has 0 saturated carbocycles. The molecule has 1 N–H and O–H groups in total. The van der Waals surface area contributed by atoms with Gasteiger partial charge < -0.3 is 14.8 Å². The molecule has 24 heavy (non-hydrogen) atoms. The van der Waals surface area contributed by atoms with Crippen LogP contribution in [0.1, 0.15) is 28.9 Å². The quantitative estimate of drug-likeness (QED) is 0.845. The van der Waals surface area contributed by atoms with Crippen molar-refractivity contribution >= 4 is 5.91 Å². The third-order valence-electron chi connectivity index (χ3n) is 4.23. The number of hydrogen-bond acceptors (Lipinski definition) is 4. The van der Waals surface area contributed by atoms with Crippen molar-refractivity contribution in [2.45, 2.75) is 33.2 Å². The highest BCUT2D eigenvalue weighted by Crippen LogP contribution is 2.24. The highest BCUT2D eigenvalue weighted by molar-refractivity contribution is 5.76. The molecule has 1 heterocycles. The van der Waals surface area contributed by atoms with Crippen molar-refractivity contribution in [2.75, 3.05) is 14.2 Å². The van der Waals surface area contributed by atoms with Crippen molar-refractivity contribution in [3.63, 3.8) is 0 Å². The van der Waals surface area contributed by atoms with E-state index in [2.05, 4.69) is 10.4 Å². The Morgan fingerprint density at radius 2 is 2.00 bits per heavy atom. The lowest BCUT2D eigenvalue weighted by molar-refractivity contribution is -0.121. The lowest BCUT2D eigenvalue weighted by Crippen LogP contribution is -2.23. The number of carbonyl (C=O) groups is 1. The van der Waals surface area contributed by atoms with E-state index in [1.165, 1.54) is 0 Å². The van der Waals surface area contributed by atoms with Crippen LogP contribution >= 0.6 is 0 Å². The molecule has 1 aromatic heterocycles. The summed E-state index contributed by atoms with van der Waals surface area (Å²) in [5.41, 5.74) is 4.16. The van der Waals surface area contributed by atoms with Crippen molar-refractivity contribution in [3.8, 4) is 11.5 Å². The van der Waals surface area contributed by atoms with E-state index in [-0.39, 0.29) is 5.91 Å². The molecule has 0 bridgehead atoms. The molecule has 0 atom stereocenters. The summed E-state index contributed by atoms with van der Waals surface area (Å²) in [6, 6.07) is 5.56. The van der Waals surface area contributed by atoms with E-state index >= 15 is 0 Å². The SMILES string of the molecule is COc1ccc(CNC(=O)CCc2c(C)nn(C)c2C)c(OC)c1. The fourth-order valence-corrected chi connectivity index (χ4v) is 2.70. The maximum absolute atomic E-state index is 12.1. The largest absolute Gasteiger partial charge is 0.497 e. The van der Waals surface area contributed by atoms with Gasteiger partial charge in [0.15, 0.2) is 0 Å². The predicted molar refractivity (Wildman–Crippen MR) is 92.4 cm³/mol. The van der Waals surface area contributed by atoms with E-state index in [0.717, 1.165) is 28.3 Å². The summed E-state index contributed by atoms with van der Waals surface area (Å²) in [5, 5.41) is 7.32. The summed E-state index contributed by atoms with van der Waals surface area (Å²) in [5.74, 6) is 1.44. The molecule has 0 unspecified atom stereocenters. The second-order valence-corrected chi connectivity index (χ2v) is 5.73. The number of rotatable bonds is 7. The standard InChI is InChI=1S/C18H25N3O3/c1-12-16(13(2)21(3)20-12)8-9-18(22)19-11-14-6-7-15(23-4)10-17(14)24-5/h6-7,10H,8-9,11H2,1-5H3,(H,19,22). The zero-order valence-electron chi connectivity index (χ0n) is 15.0. The van der Waals surface area contributed by atoms with Gasteiger partial charge in [0.2, 0.25) is 5.91 Å². The third-order valence-corrected chi connectivity index (χ3v) is 4.23. The van der Waals surface area contributed by atoms with E-state index in [1.807, 2.05) is 43.8 Å². The Kier molecular flexibility index (Phi) is 5.84. The third kappa shape index (κ3) is 4.07. The monoisotopic (exact) mass is 331 g/mol. The number of nitrogens with zero attached hydrogens (tertiary/aromatic N) is 2. The van der Waals surface area contributed by atoms with Crippen LogP contribution < -0.4 is 14.8 Å². The van der Waals surface area contributed by atoms with Crippen LogP contribution in [-0.4, -0.2) is 29.9 Å². The first kappa shape index (κ1) is 17.8. The van der Waals surface area contributed by atoms with E-state index in [4.69, 9.17) is 9.47 Å². The van der Waals surface area contributed by atoms with Crippen molar-refractivity contribution in [1.82, 2.24) is 15.1 Å². The number of methoxy groups -OCH3 is 2. The van der Waals surface area contributed by atoms with Gasteiger partial charge in [0.1, 0.15) is 11.5 Å². The van der Waals surface area contributed by atoms with Crippen LogP contribution in [0.3, 0.4) is 0 Å². The van der Waals surface area contributed by atoms with Gasteiger partial charge in [0.05, 0.1) is 19.9 Å². The van der Waals surface area contributed by atoms with Gasteiger partial charge in [-0.2, -0.15) is 5.10 Å². The molecular formula is C18H25N3O3. The normalized spacial score (nSPS) is 10.5. The van der Waals surface area contributed by atoms with Gasteiger partial charge >= 0.3 is 0 Å². The van der Waals surface area contributed by atoms with Crippen LogP contribution in [0, 0.1) is 13.8 Å². The highest BCUT2D eigenvalue weighted by atomic mass is 16.5. The molecule has 2 rings (SSSR count). The summed E-state index contributed by atoms with van der Waals surface area (Å²) in [6.45, 7) is 4.43. The van der Waals surface area contributed by atoms with E-state index in [0.29, 0.717) is 25.1 Å². The Bertz CT molecular complexity index is 723. The maximum atomic E-state index is 12.1. The molecule has 2 aromatic rings. The number of benzene rings is 1. The average molecular weight is 331 g/mol.